The molecule has 0 aliphatic rings. The maximum atomic E-state index is 10.8. The van der Waals surface area contributed by atoms with E-state index in [9.17, 15) is 10.1 Å². The summed E-state index contributed by atoms with van der Waals surface area (Å²) >= 11 is 0. The number of nitro benzene ring substituents is 1. The monoisotopic (exact) mass is 272 g/mol. The molecule has 0 unspecified atom stereocenters. The summed E-state index contributed by atoms with van der Waals surface area (Å²) in [5.74, 6) is 1.10. The van der Waals surface area contributed by atoms with E-state index in [1.807, 2.05) is 26.0 Å². The fraction of sp³-hybridized carbons (Fsp3) is 0.200. The summed E-state index contributed by atoms with van der Waals surface area (Å²) in [5.41, 5.74) is 7.64. The Balaban J connectivity index is 2.25. The average Bonchev–Trinajstić information content (AvgIpc) is 2.41. The maximum Gasteiger partial charge on any atom is 0.273 e. The smallest absolute Gasteiger partial charge is 0.273 e. The normalized spacial score (nSPS) is 11.9. The Morgan fingerprint density at radius 2 is 1.85 bits per heavy atom. The van der Waals surface area contributed by atoms with Crippen molar-refractivity contribution in [3.8, 4) is 11.5 Å². The summed E-state index contributed by atoms with van der Waals surface area (Å²) in [6, 6.07) is 11.9. The lowest BCUT2D eigenvalue weighted by molar-refractivity contribution is -0.384. The number of hydrogen-bond acceptors (Lipinski definition) is 4. The minimum absolute atomic E-state index is 0.0119. The molecular weight excluding hydrogens is 256 g/mol. The molecular formula is C15H16N2O3. The van der Waals surface area contributed by atoms with E-state index in [4.69, 9.17) is 10.5 Å². The Bertz CT molecular complexity index is 622. The zero-order valence-corrected chi connectivity index (χ0v) is 11.4. The van der Waals surface area contributed by atoms with Crippen molar-refractivity contribution in [2.45, 2.75) is 19.9 Å². The number of ether oxygens (including phenoxy) is 1. The standard InChI is InChI=1S/C15H16N2O3/c1-10-3-6-13(17(18)19)9-15(10)20-14-7-4-12(5-8-14)11(2)16/h3-9,11H,16H2,1-2H3/t11-/m1/s1. The van der Waals surface area contributed by atoms with Crippen molar-refractivity contribution in [3.63, 3.8) is 0 Å². The Morgan fingerprint density at radius 3 is 2.40 bits per heavy atom. The van der Waals surface area contributed by atoms with Gasteiger partial charge in [-0.1, -0.05) is 12.1 Å². The third-order valence-corrected chi connectivity index (χ3v) is 3.02. The lowest BCUT2D eigenvalue weighted by atomic mass is 10.1. The number of nitrogens with two attached hydrogens (primary N) is 1. The summed E-state index contributed by atoms with van der Waals surface area (Å²) in [5, 5.41) is 10.8. The van der Waals surface area contributed by atoms with E-state index in [0.29, 0.717) is 11.5 Å². The second-order valence-electron chi connectivity index (χ2n) is 4.67. The summed E-state index contributed by atoms with van der Waals surface area (Å²) in [7, 11) is 0. The Morgan fingerprint density at radius 1 is 1.20 bits per heavy atom. The molecule has 0 saturated carbocycles. The molecule has 104 valence electrons. The van der Waals surface area contributed by atoms with Gasteiger partial charge in [0.25, 0.3) is 5.69 Å². The second-order valence-corrected chi connectivity index (χ2v) is 4.67. The number of nitrogens with zero attached hydrogens (tertiary/aromatic N) is 1. The molecule has 0 radical (unpaired) electrons. The van der Waals surface area contributed by atoms with Gasteiger partial charge in [-0.25, -0.2) is 0 Å². The Hall–Kier alpha value is -2.40. The van der Waals surface area contributed by atoms with Crippen LogP contribution in [0, 0.1) is 17.0 Å². The largest absolute Gasteiger partial charge is 0.457 e. The predicted octanol–water partition coefficient (Wildman–Crippen LogP) is 3.72. The van der Waals surface area contributed by atoms with Crippen molar-refractivity contribution in [1.29, 1.82) is 0 Å². The predicted molar refractivity (Wildman–Crippen MR) is 77.0 cm³/mol. The van der Waals surface area contributed by atoms with Gasteiger partial charge in [0.05, 0.1) is 11.0 Å². The van der Waals surface area contributed by atoms with E-state index in [0.717, 1.165) is 11.1 Å². The van der Waals surface area contributed by atoms with Gasteiger partial charge in [-0.3, -0.25) is 10.1 Å². The minimum Gasteiger partial charge on any atom is -0.457 e. The molecule has 2 aromatic carbocycles. The molecule has 1 atom stereocenters. The minimum atomic E-state index is -0.439. The molecule has 5 nitrogen and oxygen atoms in total. The molecule has 20 heavy (non-hydrogen) atoms. The van der Waals surface area contributed by atoms with Gasteiger partial charge in [-0.05, 0) is 43.2 Å². The van der Waals surface area contributed by atoms with E-state index < -0.39 is 4.92 Å². The Kier molecular flexibility index (Phi) is 4.00. The molecule has 0 aliphatic heterocycles. The van der Waals surface area contributed by atoms with Crippen LogP contribution in [0.2, 0.25) is 0 Å². The molecule has 2 rings (SSSR count). The molecule has 0 aliphatic carbocycles. The SMILES string of the molecule is Cc1ccc([N+](=O)[O-])cc1Oc1ccc([C@@H](C)N)cc1. The van der Waals surface area contributed by atoms with Crippen LogP contribution >= 0.6 is 0 Å². The first-order valence-electron chi connectivity index (χ1n) is 6.26. The Labute approximate surface area is 117 Å². The van der Waals surface area contributed by atoms with Gasteiger partial charge in [0.15, 0.2) is 0 Å². The summed E-state index contributed by atoms with van der Waals surface area (Å²) in [6.07, 6.45) is 0. The van der Waals surface area contributed by atoms with E-state index in [1.54, 1.807) is 18.2 Å². The third kappa shape index (κ3) is 3.13. The van der Waals surface area contributed by atoms with Crippen LogP contribution in [-0.4, -0.2) is 4.92 Å². The van der Waals surface area contributed by atoms with Crippen LogP contribution in [0.1, 0.15) is 24.1 Å². The van der Waals surface area contributed by atoms with Crippen LogP contribution in [0.3, 0.4) is 0 Å². The first-order valence-corrected chi connectivity index (χ1v) is 6.26. The van der Waals surface area contributed by atoms with E-state index in [-0.39, 0.29) is 11.7 Å². The van der Waals surface area contributed by atoms with Crippen molar-refractivity contribution >= 4 is 5.69 Å². The van der Waals surface area contributed by atoms with E-state index in [2.05, 4.69) is 0 Å². The highest BCUT2D eigenvalue weighted by atomic mass is 16.6. The molecule has 0 fully saturated rings. The van der Waals surface area contributed by atoms with Crippen molar-refractivity contribution in [1.82, 2.24) is 0 Å². The highest BCUT2D eigenvalue weighted by molar-refractivity contribution is 5.46. The third-order valence-electron chi connectivity index (χ3n) is 3.02. The number of non-ortho nitro benzene ring substituents is 1. The topological polar surface area (TPSA) is 78.4 Å². The lowest BCUT2D eigenvalue weighted by Crippen LogP contribution is -2.04. The van der Waals surface area contributed by atoms with E-state index in [1.165, 1.54) is 12.1 Å². The van der Waals surface area contributed by atoms with Gasteiger partial charge < -0.3 is 10.5 Å². The van der Waals surface area contributed by atoms with E-state index >= 15 is 0 Å². The van der Waals surface area contributed by atoms with Crippen LogP contribution in [0.4, 0.5) is 5.69 Å². The molecule has 0 saturated heterocycles. The van der Waals surface area contributed by atoms with Gasteiger partial charge in [-0.2, -0.15) is 0 Å². The lowest BCUT2D eigenvalue weighted by Gasteiger charge is -2.10. The van der Waals surface area contributed by atoms with Gasteiger partial charge in [0.2, 0.25) is 0 Å². The number of rotatable bonds is 4. The van der Waals surface area contributed by atoms with Crippen molar-refractivity contribution in [3.05, 3.63) is 63.7 Å². The molecule has 5 heteroatoms. The van der Waals surface area contributed by atoms with Crippen molar-refractivity contribution in [2.24, 2.45) is 5.73 Å². The molecule has 2 aromatic rings. The summed E-state index contributed by atoms with van der Waals surface area (Å²) in [6.45, 7) is 3.75. The molecule has 2 N–H and O–H groups in total. The number of hydrogen-bond donors (Lipinski definition) is 1. The summed E-state index contributed by atoms with van der Waals surface area (Å²) < 4.78 is 5.69. The maximum absolute atomic E-state index is 10.8. The molecule has 0 bridgehead atoms. The fourth-order valence-corrected chi connectivity index (χ4v) is 1.78. The second kappa shape index (κ2) is 5.71. The molecule has 0 spiro atoms. The first kappa shape index (κ1) is 14.0. The average molecular weight is 272 g/mol. The van der Waals surface area contributed by atoms with Crippen LogP contribution < -0.4 is 10.5 Å². The van der Waals surface area contributed by atoms with Crippen LogP contribution in [0.25, 0.3) is 0 Å². The number of aryl methyl sites for hydroxylation is 1. The molecule has 0 heterocycles. The highest BCUT2D eigenvalue weighted by Crippen LogP contribution is 2.29. The van der Waals surface area contributed by atoms with Crippen molar-refractivity contribution < 1.29 is 9.66 Å². The van der Waals surface area contributed by atoms with Crippen LogP contribution in [0.15, 0.2) is 42.5 Å². The summed E-state index contributed by atoms with van der Waals surface area (Å²) in [4.78, 5) is 10.3. The van der Waals surface area contributed by atoms with Gasteiger partial charge in [0.1, 0.15) is 11.5 Å². The van der Waals surface area contributed by atoms with Gasteiger partial charge >= 0.3 is 0 Å². The molecule has 0 aromatic heterocycles. The van der Waals surface area contributed by atoms with Gasteiger partial charge in [-0.15, -0.1) is 0 Å². The van der Waals surface area contributed by atoms with Crippen LogP contribution in [-0.2, 0) is 0 Å². The number of nitro groups is 1. The zero-order chi connectivity index (χ0) is 14.7. The zero-order valence-electron chi connectivity index (χ0n) is 11.4. The number of benzene rings is 2. The van der Waals surface area contributed by atoms with Crippen LogP contribution in [0.5, 0.6) is 11.5 Å². The fourth-order valence-electron chi connectivity index (χ4n) is 1.78. The van der Waals surface area contributed by atoms with Gasteiger partial charge in [0, 0.05) is 12.1 Å². The van der Waals surface area contributed by atoms with Crippen molar-refractivity contribution in [2.75, 3.05) is 0 Å². The quantitative estimate of drug-likeness (QED) is 0.679. The molecule has 0 amide bonds. The highest BCUT2D eigenvalue weighted by Gasteiger charge is 2.10. The first-order chi connectivity index (χ1) is 9.47.